The molecule has 0 aliphatic heterocycles. The zero-order valence-corrected chi connectivity index (χ0v) is 13.8. The van der Waals surface area contributed by atoms with Crippen molar-refractivity contribution in [3.05, 3.63) is 59.7 Å². The van der Waals surface area contributed by atoms with Gasteiger partial charge in [0.1, 0.15) is 6.10 Å². The number of allylic oxidation sites excluding steroid dienone is 4. The van der Waals surface area contributed by atoms with Crippen LogP contribution < -0.4 is 0 Å². The highest BCUT2D eigenvalue weighted by Crippen LogP contribution is 2.10. The van der Waals surface area contributed by atoms with Gasteiger partial charge in [0, 0.05) is 0 Å². The first kappa shape index (κ1) is 19.6. The fourth-order valence-electron chi connectivity index (χ4n) is 2.27. The van der Waals surface area contributed by atoms with Crippen molar-refractivity contribution < 1.29 is 20.1 Å². The van der Waals surface area contributed by atoms with E-state index in [0.717, 1.165) is 12.8 Å². The summed E-state index contributed by atoms with van der Waals surface area (Å²) in [6, 6.07) is 10.3. The van der Waals surface area contributed by atoms with Crippen molar-refractivity contribution in [1.82, 2.24) is 0 Å². The molecule has 0 bridgehead atoms. The Hall–Kier alpha value is -1.46. The summed E-state index contributed by atoms with van der Waals surface area (Å²) < 4.78 is 5.34. The maximum Gasteiger partial charge on any atom is 0.103 e. The number of hydrogen-bond donors (Lipinski definition) is 3. The second-order valence-electron chi connectivity index (χ2n) is 5.56. The van der Waals surface area contributed by atoms with Crippen LogP contribution in [0.1, 0.15) is 25.3 Å². The minimum absolute atomic E-state index is 0.0914. The third-order valence-electron chi connectivity index (χ3n) is 3.50. The van der Waals surface area contributed by atoms with Crippen LogP contribution in [0.3, 0.4) is 0 Å². The first-order valence-electron chi connectivity index (χ1n) is 8.05. The summed E-state index contributed by atoms with van der Waals surface area (Å²) in [6.45, 7) is 1.84. The molecule has 3 N–H and O–H groups in total. The summed E-state index contributed by atoms with van der Waals surface area (Å²) >= 11 is 0. The third kappa shape index (κ3) is 8.67. The van der Waals surface area contributed by atoms with Gasteiger partial charge in [0.15, 0.2) is 0 Å². The number of aliphatic hydroxyl groups excluding tert-OH is 3. The molecule has 1 aromatic carbocycles. The van der Waals surface area contributed by atoms with E-state index in [-0.39, 0.29) is 19.8 Å². The molecule has 0 amide bonds. The molecule has 2 atom stereocenters. The molecule has 0 aliphatic carbocycles. The fourth-order valence-corrected chi connectivity index (χ4v) is 2.27. The summed E-state index contributed by atoms with van der Waals surface area (Å²) in [7, 11) is 0. The normalized spacial score (nSPS) is 15.0. The molecule has 1 rings (SSSR count). The Morgan fingerprint density at radius 1 is 1.22 bits per heavy atom. The molecular weight excluding hydrogens is 292 g/mol. The average molecular weight is 320 g/mol. The number of ether oxygens (including phenoxy) is 1. The predicted molar refractivity (Wildman–Crippen MR) is 92.2 cm³/mol. The van der Waals surface area contributed by atoms with Gasteiger partial charge in [0.25, 0.3) is 0 Å². The van der Waals surface area contributed by atoms with E-state index in [9.17, 15) is 5.11 Å². The molecule has 0 aliphatic rings. The lowest BCUT2D eigenvalue weighted by Crippen LogP contribution is -2.32. The summed E-state index contributed by atoms with van der Waals surface area (Å²) in [5.41, 5.74) is 2.56. The van der Waals surface area contributed by atoms with Crippen LogP contribution in [0.25, 0.3) is 0 Å². The maximum atomic E-state index is 9.66. The van der Waals surface area contributed by atoms with Crippen molar-refractivity contribution in [2.24, 2.45) is 0 Å². The molecule has 4 nitrogen and oxygen atoms in total. The van der Waals surface area contributed by atoms with Crippen LogP contribution in [0.2, 0.25) is 0 Å². The Morgan fingerprint density at radius 2 is 1.96 bits per heavy atom. The SMILES string of the molecule is C/C(=C\C=C/CC[C@H](OCCO)[C@H](O)CO)Cc1ccccc1. The van der Waals surface area contributed by atoms with Crippen molar-refractivity contribution in [3.63, 3.8) is 0 Å². The number of aliphatic hydroxyl groups is 3. The van der Waals surface area contributed by atoms with Gasteiger partial charge in [-0.2, -0.15) is 0 Å². The lowest BCUT2D eigenvalue weighted by Gasteiger charge is -2.20. The Balaban J connectivity index is 2.37. The molecule has 0 fully saturated rings. The van der Waals surface area contributed by atoms with Gasteiger partial charge in [-0.15, -0.1) is 0 Å². The molecule has 128 valence electrons. The van der Waals surface area contributed by atoms with Gasteiger partial charge in [-0.1, -0.05) is 54.1 Å². The quantitative estimate of drug-likeness (QED) is 0.547. The molecule has 0 saturated carbocycles. The van der Waals surface area contributed by atoms with Crippen LogP contribution in [-0.4, -0.2) is 47.3 Å². The lowest BCUT2D eigenvalue weighted by atomic mass is 10.1. The zero-order valence-electron chi connectivity index (χ0n) is 13.8. The van der Waals surface area contributed by atoms with Gasteiger partial charge >= 0.3 is 0 Å². The Labute approximate surface area is 138 Å². The van der Waals surface area contributed by atoms with Crippen LogP contribution in [-0.2, 0) is 11.2 Å². The van der Waals surface area contributed by atoms with Gasteiger partial charge < -0.3 is 20.1 Å². The Kier molecular flexibility index (Phi) is 10.2. The largest absolute Gasteiger partial charge is 0.394 e. The summed E-state index contributed by atoms with van der Waals surface area (Å²) in [6.07, 6.45) is 7.01. The van der Waals surface area contributed by atoms with Crippen LogP contribution >= 0.6 is 0 Å². The van der Waals surface area contributed by atoms with E-state index in [1.807, 2.05) is 30.4 Å². The minimum Gasteiger partial charge on any atom is -0.394 e. The summed E-state index contributed by atoms with van der Waals surface area (Å²) in [4.78, 5) is 0. The molecular formula is C19H28O4. The van der Waals surface area contributed by atoms with E-state index < -0.39 is 12.2 Å². The summed E-state index contributed by atoms with van der Waals surface area (Å²) in [5, 5.41) is 27.4. The third-order valence-corrected chi connectivity index (χ3v) is 3.50. The number of rotatable bonds is 11. The Morgan fingerprint density at radius 3 is 2.61 bits per heavy atom. The maximum absolute atomic E-state index is 9.66. The van der Waals surface area contributed by atoms with E-state index in [1.165, 1.54) is 11.1 Å². The standard InChI is InChI=1S/C19H28O4/c1-16(14-17-9-5-3-6-10-17)8-4-2-7-11-19(18(22)15-21)23-13-12-20/h2-6,8-10,18-22H,7,11-15H2,1H3/b4-2-,16-8+/t18-,19+/m1/s1. The van der Waals surface area contributed by atoms with Crippen molar-refractivity contribution in [3.8, 4) is 0 Å². The molecule has 0 saturated heterocycles. The molecule has 0 aromatic heterocycles. The van der Waals surface area contributed by atoms with E-state index >= 15 is 0 Å². The molecule has 0 spiro atoms. The van der Waals surface area contributed by atoms with Crippen molar-refractivity contribution in [1.29, 1.82) is 0 Å². The minimum atomic E-state index is -0.912. The number of benzene rings is 1. The van der Waals surface area contributed by atoms with Crippen molar-refractivity contribution >= 4 is 0 Å². The van der Waals surface area contributed by atoms with E-state index in [0.29, 0.717) is 6.42 Å². The van der Waals surface area contributed by atoms with Crippen molar-refractivity contribution in [2.45, 2.75) is 38.4 Å². The summed E-state index contributed by atoms with van der Waals surface area (Å²) in [5.74, 6) is 0. The van der Waals surface area contributed by atoms with Crippen LogP contribution in [0.15, 0.2) is 54.1 Å². The highest BCUT2D eigenvalue weighted by Gasteiger charge is 2.17. The van der Waals surface area contributed by atoms with E-state index in [2.05, 4.69) is 25.1 Å². The molecule has 1 aromatic rings. The molecule has 0 radical (unpaired) electrons. The molecule has 23 heavy (non-hydrogen) atoms. The second-order valence-corrected chi connectivity index (χ2v) is 5.56. The highest BCUT2D eigenvalue weighted by atomic mass is 16.5. The van der Waals surface area contributed by atoms with Crippen LogP contribution in [0.5, 0.6) is 0 Å². The average Bonchev–Trinajstić information content (AvgIpc) is 2.57. The highest BCUT2D eigenvalue weighted by molar-refractivity contribution is 5.23. The van der Waals surface area contributed by atoms with Crippen LogP contribution in [0, 0.1) is 0 Å². The Bertz CT molecular complexity index is 468. The second kappa shape index (κ2) is 12.0. The first-order valence-corrected chi connectivity index (χ1v) is 8.05. The van der Waals surface area contributed by atoms with E-state index in [4.69, 9.17) is 14.9 Å². The van der Waals surface area contributed by atoms with Gasteiger partial charge in [0.05, 0.1) is 25.9 Å². The lowest BCUT2D eigenvalue weighted by molar-refractivity contribution is -0.0681. The predicted octanol–water partition coefficient (Wildman–Crippen LogP) is 2.24. The van der Waals surface area contributed by atoms with E-state index in [1.54, 1.807) is 0 Å². The monoisotopic (exact) mass is 320 g/mol. The number of hydrogen-bond acceptors (Lipinski definition) is 4. The van der Waals surface area contributed by atoms with Gasteiger partial charge in [-0.3, -0.25) is 0 Å². The van der Waals surface area contributed by atoms with Crippen LogP contribution in [0.4, 0.5) is 0 Å². The van der Waals surface area contributed by atoms with Gasteiger partial charge in [-0.05, 0) is 31.7 Å². The zero-order chi connectivity index (χ0) is 16.9. The van der Waals surface area contributed by atoms with Crippen molar-refractivity contribution in [2.75, 3.05) is 19.8 Å². The van der Waals surface area contributed by atoms with Gasteiger partial charge in [-0.25, -0.2) is 0 Å². The fraction of sp³-hybridized carbons (Fsp3) is 0.474. The first-order chi connectivity index (χ1) is 11.2. The molecule has 4 heteroatoms. The molecule has 0 unspecified atom stereocenters. The molecule has 0 heterocycles. The smallest absolute Gasteiger partial charge is 0.103 e. The van der Waals surface area contributed by atoms with Gasteiger partial charge in [0.2, 0.25) is 0 Å². The topological polar surface area (TPSA) is 69.9 Å².